The van der Waals surface area contributed by atoms with E-state index in [1.807, 2.05) is 13.0 Å². The van der Waals surface area contributed by atoms with E-state index < -0.39 is 0 Å². The fourth-order valence-corrected chi connectivity index (χ4v) is 2.52. The molecule has 3 N–H and O–H groups in total. The van der Waals surface area contributed by atoms with E-state index in [9.17, 15) is 4.79 Å². The van der Waals surface area contributed by atoms with Crippen LogP contribution in [0.2, 0.25) is 0 Å². The van der Waals surface area contributed by atoms with Crippen LogP contribution in [0.5, 0.6) is 0 Å². The fourth-order valence-electron chi connectivity index (χ4n) is 1.70. The molecule has 0 bridgehead atoms. The van der Waals surface area contributed by atoms with Crippen LogP contribution in [0, 0.1) is 6.92 Å². The van der Waals surface area contributed by atoms with Crippen molar-refractivity contribution in [2.75, 3.05) is 5.73 Å². The Labute approximate surface area is 115 Å². The minimum atomic E-state index is -0.131. The van der Waals surface area contributed by atoms with Crippen LogP contribution in [0.1, 0.15) is 24.6 Å². The van der Waals surface area contributed by atoms with Crippen molar-refractivity contribution in [1.29, 1.82) is 0 Å². The highest BCUT2D eigenvalue weighted by molar-refractivity contribution is 7.99. The largest absolute Gasteiger partial charge is 0.397 e. The number of nitrogen functional groups attached to an aromatic ring is 1. The number of aromatic amines is 1. The number of aryl methyl sites for hydroxylation is 2. The molecule has 6 heteroatoms. The summed E-state index contributed by atoms with van der Waals surface area (Å²) in [7, 11) is 0. The third kappa shape index (κ3) is 3.57. The number of nitrogens with two attached hydrogens (primary N) is 1. The van der Waals surface area contributed by atoms with Gasteiger partial charge in [-0.05, 0) is 36.7 Å². The second-order valence-electron chi connectivity index (χ2n) is 4.28. The molecule has 0 aliphatic heterocycles. The molecule has 19 heavy (non-hydrogen) atoms. The van der Waals surface area contributed by atoms with E-state index >= 15 is 0 Å². The lowest BCUT2D eigenvalue weighted by Crippen LogP contribution is -2.10. The SMILES string of the molecule is CCCc1cc(=O)[nH]c(Sc2ncc(N)cc2C)n1. The summed E-state index contributed by atoms with van der Waals surface area (Å²) in [6.45, 7) is 3.99. The van der Waals surface area contributed by atoms with Crippen molar-refractivity contribution in [2.24, 2.45) is 0 Å². The molecule has 0 radical (unpaired) electrons. The molecule has 2 rings (SSSR count). The number of hydrogen-bond donors (Lipinski definition) is 2. The van der Waals surface area contributed by atoms with Crippen LogP contribution in [0.25, 0.3) is 0 Å². The summed E-state index contributed by atoms with van der Waals surface area (Å²) in [6, 6.07) is 3.39. The van der Waals surface area contributed by atoms with E-state index in [2.05, 4.69) is 21.9 Å². The molecule has 0 unspecified atom stereocenters. The molecule has 5 nitrogen and oxygen atoms in total. The molecule has 0 spiro atoms. The number of pyridine rings is 1. The smallest absolute Gasteiger partial charge is 0.251 e. The highest BCUT2D eigenvalue weighted by atomic mass is 32.2. The molecular formula is C13H16N4OS. The van der Waals surface area contributed by atoms with Crippen molar-refractivity contribution >= 4 is 17.4 Å². The lowest BCUT2D eigenvalue weighted by Gasteiger charge is -2.05. The highest BCUT2D eigenvalue weighted by Crippen LogP contribution is 2.26. The van der Waals surface area contributed by atoms with Crippen molar-refractivity contribution in [1.82, 2.24) is 15.0 Å². The van der Waals surface area contributed by atoms with Gasteiger partial charge in [0.2, 0.25) is 0 Å². The predicted molar refractivity (Wildman–Crippen MR) is 76.4 cm³/mol. The van der Waals surface area contributed by atoms with E-state index in [4.69, 9.17) is 5.73 Å². The topological polar surface area (TPSA) is 84.7 Å². The number of nitrogens with one attached hydrogen (secondary N) is 1. The first-order valence-electron chi connectivity index (χ1n) is 6.08. The van der Waals surface area contributed by atoms with Gasteiger partial charge in [-0.1, -0.05) is 13.3 Å². The van der Waals surface area contributed by atoms with Crippen molar-refractivity contribution in [3.8, 4) is 0 Å². The van der Waals surface area contributed by atoms with Gasteiger partial charge in [-0.3, -0.25) is 4.79 Å². The highest BCUT2D eigenvalue weighted by Gasteiger charge is 2.07. The van der Waals surface area contributed by atoms with Gasteiger partial charge in [-0.15, -0.1) is 0 Å². The zero-order valence-electron chi connectivity index (χ0n) is 10.9. The van der Waals surface area contributed by atoms with Crippen molar-refractivity contribution < 1.29 is 0 Å². The Balaban J connectivity index is 2.30. The molecule has 0 aromatic carbocycles. The average Bonchev–Trinajstić information content (AvgIpc) is 2.32. The minimum Gasteiger partial charge on any atom is -0.397 e. The third-order valence-electron chi connectivity index (χ3n) is 2.52. The quantitative estimate of drug-likeness (QED) is 0.836. The van der Waals surface area contributed by atoms with E-state index in [1.165, 1.54) is 17.8 Å². The maximum atomic E-state index is 11.6. The van der Waals surface area contributed by atoms with Gasteiger partial charge in [0.1, 0.15) is 5.03 Å². The van der Waals surface area contributed by atoms with Crippen LogP contribution in [-0.4, -0.2) is 15.0 Å². The van der Waals surface area contributed by atoms with E-state index in [-0.39, 0.29) is 5.56 Å². The zero-order chi connectivity index (χ0) is 13.8. The van der Waals surface area contributed by atoms with Gasteiger partial charge in [0.15, 0.2) is 5.16 Å². The maximum Gasteiger partial charge on any atom is 0.251 e. The summed E-state index contributed by atoms with van der Waals surface area (Å²) >= 11 is 1.34. The summed E-state index contributed by atoms with van der Waals surface area (Å²) < 4.78 is 0. The molecule has 0 fully saturated rings. The van der Waals surface area contributed by atoms with E-state index in [1.54, 1.807) is 6.20 Å². The van der Waals surface area contributed by atoms with Gasteiger partial charge in [0.25, 0.3) is 5.56 Å². The normalized spacial score (nSPS) is 10.6. The average molecular weight is 276 g/mol. The summed E-state index contributed by atoms with van der Waals surface area (Å²) in [5, 5.41) is 1.36. The second-order valence-corrected chi connectivity index (χ2v) is 5.26. The molecule has 0 amide bonds. The monoisotopic (exact) mass is 276 g/mol. The third-order valence-corrected chi connectivity index (χ3v) is 3.53. The van der Waals surface area contributed by atoms with E-state index in [0.717, 1.165) is 29.1 Å². The number of H-pyrrole nitrogens is 1. The van der Waals surface area contributed by atoms with Gasteiger partial charge < -0.3 is 10.7 Å². The molecule has 100 valence electrons. The summed E-state index contributed by atoms with van der Waals surface area (Å²) in [5.41, 5.74) is 7.93. The van der Waals surface area contributed by atoms with Crippen LogP contribution in [0.3, 0.4) is 0 Å². The molecule has 2 aromatic heterocycles. The number of anilines is 1. The summed E-state index contributed by atoms with van der Waals surface area (Å²) in [5.74, 6) is 0. The van der Waals surface area contributed by atoms with Gasteiger partial charge in [0, 0.05) is 11.8 Å². The van der Waals surface area contributed by atoms with Crippen molar-refractivity contribution in [3.05, 3.63) is 39.9 Å². The first kappa shape index (κ1) is 13.6. The lowest BCUT2D eigenvalue weighted by molar-refractivity contribution is 0.814. The molecule has 0 aliphatic carbocycles. The molecule has 2 aromatic rings. The van der Waals surface area contributed by atoms with Gasteiger partial charge in [0.05, 0.1) is 11.9 Å². The predicted octanol–water partition coefficient (Wildman–Crippen LogP) is 2.16. The standard InChI is InChI=1S/C13H16N4OS/c1-3-4-10-6-11(18)17-13(16-10)19-12-8(2)5-9(14)7-15-12/h5-7H,3-4,14H2,1-2H3,(H,16,17,18). The maximum absolute atomic E-state index is 11.6. The number of nitrogens with zero attached hydrogens (tertiary/aromatic N) is 2. The Morgan fingerprint density at radius 2 is 2.21 bits per heavy atom. The Kier molecular flexibility index (Phi) is 4.21. The van der Waals surface area contributed by atoms with Crippen LogP contribution < -0.4 is 11.3 Å². The second kappa shape index (κ2) is 5.88. The Bertz CT molecular complexity index is 639. The molecule has 0 atom stereocenters. The summed E-state index contributed by atoms with van der Waals surface area (Å²) in [6.07, 6.45) is 3.36. The molecule has 2 heterocycles. The van der Waals surface area contributed by atoms with Crippen LogP contribution in [0.15, 0.2) is 33.3 Å². The van der Waals surface area contributed by atoms with Crippen LogP contribution in [0.4, 0.5) is 5.69 Å². The van der Waals surface area contributed by atoms with Crippen molar-refractivity contribution in [2.45, 2.75) is 36.9 Å². The lowest BCUT2D eigenvalue weighted by atomic mass is 10.2. The first-order valence-corrected chi connectivity index (χ1v) is 6.90. The van der Waals surface area contributed by atoms with Crippen LogP contribution in [-0.2, 0) is 6.42 Å². The number of rotatable bonds is 4. The Morgan fingerprint density at radius 3 is 2.89 bits per heavy atom. The fraction of sp³-hybridized carbons (Fsp3) is 0.308. The van der Waals surface area contributed by atoms with Gasteiger partial charge in [-0.25, -0.2) is 9.97 Å². The molecular weight excluding hydrogens is 260 g/mol. The Morgan fingerprint density at radius 1 is 1.42 bits per heavy atom. The number of hydrogen-bond acceptors (Lipinski definition) is 5. The Hall–Kier alpha value is -1.82. The molecule has 0 saturated carbocycles. The van der Waals surface area contributed by atoms with E-state index in [0.29, 0.717) is 10.8 Å². The van der Waals surface area contributed by atoms with Gasteiger partial charge >= 0.3 is 0 Å². The minimum absolute atomic E-state index is 0.131. The molecule has 0 saturated heterocycles. The summed E-state index contributed by atoms with van der Waals surface area (Å²) in [4.78, 5) is 23.0. The van der Waals surface area contributed by atoms with Crippen LogP contribution >= 0.6 is 11.8 Å². The number of aromatic nitrogens is 3. The first-order chi connectivity index (χ1) is 9.08. The van der Waals surface area contributed by atoms with Crippen molar-refractivity contribution in [3.63, 3.8) is 0 Å². The van der Waals surface area contributed by atoms with Gasteiger partial charge in [-0.2, -0.15) is 0 Å². The molecule has 0 aliphatic rings. The zero-order valence-corrected chi connectivity index (χ0v) is 11.8.